The predicted molar refractivity (Wildman–Crippen MR) is 164 cm³/mol. The van der Waals surface area contributed by atoms with E-state index in [1.807, 2.05) is 13.8 Å². The summed E-state index contributed by atoms with van der Waals surface area (Å²) in [5.41, 5.74) is 0. The van der Waals surface area contributed by atoms with E-state index in [1.165, 1.54) is 11.7 Å². The van der Waals surface area contributed by atoms with Gasteiger partial charge in [-0.05, 0) is 31.1 Å². The van der Waals surface area contributed by atoms with Gasteiger partial charge in [-0.1, -0.05) is 109 Å². The number of ether oxygens (including phenoxy) is 2. The minimum absolute atomic E-state index is 0. The number of rotatable bonds is 19. The molecule has 0 aliphatic heterocycles. The minimum atomic E-state index is -4.76. The molecule has 222 valence electrons. The second-order valence-electron chi connectivity index (χ2n) is 10.7. The van der Waals surface area contributed by atoms with Gasteiger partial charge in [-0.3, -0.25) is 14.1 Å². The van der Waals surface area contributed by atoms with Crippen molar-refractivity contribution in [3.05, 3.63) is 22.7 Å². The molecule has 0 spiro atoms. The summed E-state index contributed by atoms with van der Waals surface area (Å²) in [5.74, 6) is -0.696. The Morgan fingerprint density at radius 1 is 0.974 bits per heavy atom. The van der Waals surface area contributed by atoms with Crippen LogP contribution in [0.5, 0.6) is 0 Å². The van der Waals surface area contributed by atoms with Crippen LogP contribution in [0, 0.1) is 17.8 Å². The fourth-order valence-electron chi connectivity index (χ4n) is 3.97. The summed E-state index contributed by atoms with van der Waals surface area (Å²) in [5, 5.41) is -0.465. The Labute approximate surface area is 267 Å². The van der Waals surface area contributed by atoms with Crippen LogP contribution in [-0.2, 0) is 29.2 Å². The third-order valence-corrected chi connectivity index (χ3v) is 10.6. The van der Waals surface area contributed by atoms with Crippen LogP contribution in [-0.4, -0.2) is 88.1 Å². The van der Waals surface area contributed by atoms with Gasteiger partial charge in [0.25, 0.3) is 25.3 Å². The number of hydrogen-bond acceptors (Lipinski definition) is 6. The number of hydrogen-bond donors (Lipinski definition) is 1. The Bertz CT molecular complexity index is 827. The fraction of sp³-hybridized carbons (Fsp3) is 0.793. The van der Waals surface area contributed by atoms with Crippen LogP contribution in [0.4, 0.5) is 0 Å². The van der Waals surface area contributed by atoms with E-state index in [2.05, 4.69) is 45.9 Å². The van der Waals surface area contributed by atoms with E-state index in [-0.39, 0.29) is 69.8 Å². The molecule has 1 rings (SSSR count). The fourth-order valence-corrected chi connectivity index (χ4v) is 6.25. The average Bonchev–Trinajstić information content (AvgIpc) is 3.39. The molecule has 7 nitrogen and oxygen atoms in total. The molecule has 0 aromatic rings. The molecule has 1 N–H and O–H groups in total. The van der Waals surface area contributed by atoms with E-state index < -0.39 is 33.7 Å². The number of unbranched alkanes of at least 4 members (excludes halogenated alkanes) is 2. The van der Waals surface area contributed by atoms with Gasteiger partial charge < -0.3 is 9.47 Å². The summed E-state index contributed by atoms with van der Waals surface area (Å²) in [4.78, 5) is 24.2. The van der Waals surface area contributed by atoms with Crippen molar-refractivity contribution in [2.24, 2.45) is 17.8 Å². The molecule has 3 unspecified atom stereocenters. The molecule has 3 atom stereocenters. The molecule has 1 aliphatic rings. The van der Waals surface area contributed by atoms with E-state index in [4.69, 9.17) is 9.47 Å². The molecule has 0 radical (unpaired) electrons. The van der Waals surface area contributed by atoms with Crippen molar-refractivity contribution in [1.82, 2.24) is 0 Å². The van der Waals surface area contributed by atoms with Crippen LogP contribution in [0.15, 0.2) is 22.7 Å². The molecule has 0 amide bonds. The first kappa shape index (κ1) is 41.0. The van der Waals surface area contributed by atoms with E-state index >= 15 is 0 Å². The van der Waals surface area contributed by atoms with Gasteiger partial charge in [-0.25, -0.2) is 0 Å². The van der Waals surface area contributed by atoms with Crippen molar-refractivity contribution in [3.8, 4) is 0 Å². The Balaban J connectivity index is 0. The van der Waals surface area contributed by atoms with Gasteiger partial charge in [-0.15, -0.1) is 4.44 Å². The van der Waals surface area contributed by atoms with Crippen molar-refractivity contribution >= 4 is 66.8 Å². The topological polar surface area (TPSA) is 107 Å². The summed E-state index contributed by atoms with van der Waals surface area (Å²) in [7, 11) is -4.76. The summed E-state index contributed by atoms with van der Waals surface area (Å²) in [6.07, 6.45) is 14.8. The first-order valence-electron chi connectivity index (χ1n) is 14.6. The monoisotopic (exact) mass is 596 g/mol. The molecule has 0 aromatic carbocycles. The average molecular weight is 597 g/mol. The molecular weight excluding hydrogens is 542 g/mol. The van der Waals surface area contributed by atoms with Crippen LogP contribution in [0.2, 0.25) is 5.28 Å². The number of carbonyl (C=O) groups is 2. The van der Waals surface area contributed by atoms with Crippen LogP contribution in [0.3, 0.4) is 0 Å². The van der Waals surface area contributed by atoms with Gasteiger partial charge in [0.1, 0.15) is 0 Å². The zero-order valence-corrected chi connectivity index (χ0v) is 27.0. The summed E-state index contributed by atoms with van der Waals surface area (Å²) < 4.78 is 44.5. The summed E-state index contributed by atoms with van der Waals surface area (Å²) in [6.45, 7) is 13.0. The maximum absolute atomic E-state index is 12.2. The van der Waals surface area contributed by atoms with Crippen molar-refractivity contribution in [2.75, 3.05) is 13.2 Å². The standard InChI is InChI=1S/C20H38O7S.C5H5.C4H9.Al.Na.2H/c1-5-9-11-16(7-3)14-26-19(21)13-18(28(23,24)25)20(22)27-15-17(8-4)12-10-6-2;1-2-4-5-3-1;1-4(2)3;;;;/h16-18H,5-15H2,1-4H3,(H,23,24,25);1-3H,4H2;4H,1H2,2-3H3;;;;. The van der Waals surface area contributed by atoms with E-state index in [1.54, 1.807) is 4.44 Å². The van der Waals surface area contributed by atoms with Gasteiger partial charge in [0.05, 0.1) is 19.6 Å². The molecule has 0 heterocycles. The Morgan fingerprint density at radius 2 is 1.51 bits per heavy atom. The zero-order chi connectivity index (χ0) is 29.0. The number of allylic oxidation sites excluding steroid dienone is 4. The van der Waals surface area contributed by atoms with Crippen LogP contribution in [0.25, 0.3) is 0 Å². The van der Waals surface area contributed by atoms with E-state index in [0.717, 1.165) is 57.3 Å². The summed E-state index contributed by atoms with van der Waals surface area (Å²) >= 11 is 0.139. The second-order valence-corrected chi connectivity index (χ2v) is 14.3. The van der Waals surface area contributed by atoms with Crippen molar-refractivity contribution in [1.29, 1.82) is 0 Å². The molecule has 0 aromatic heterocycles. The first-order chi connectivity index (χ1) is 18.0. The van der Waals surface area contributed by atoms with Crippen molar-refractivity contribution < 1.29 is 32.0 Å². The molecule has 0 bridgehead atoms. The van der Waals surface area contributed by atoms with E-state index in [0.29, 0.717) is 0 Å². The third-order valence-electron chi connectivity index (χ3n) is 6.89. The van der Waals surface area contributed by atoms with Gasteiger partial charge >= 0.3 is 41.5 Å². The molecule has 0 fully saturated rings. The van der Waals surface area contributed by atoms with Gasteiger partial charge in [0.2, 0.25) is 0 Å². The number of carbonyl (C=O) groups excluding carboxylic acids is 2. The normalized spacial score (nSPS) is 14.8. The second kappa shape index (κ2) is 24.5. The first-order valence-corrected chi connectivity index (χ1v) is 17.8. The zero-order valence-electron chi connectivity index (χ0n) is 24.7. The Hall–Kier alpha value is -0.138. The Morgan fingerprint density at radius 3 is 1.92 bits per heavy atom. The molecular formula is C29H54AlNaO7S. The number of esters is 2. The van der Waals surface area contributed by atoms with Gasteiger partial charge in [0, 0.05) is 0 Å². The predicted octanol–water partition coefficient (Wildman–Crippen LogP) is 5.84. The maximum atomic E-state index is 12.2. The van der Waals surface area contributed by atoms with Crippen molar-refractivity contribution in [3.63, 3.8) is 0 Å². The molecule has 39 heavy (non-hydrogen) atoms. The summed E-state index contributed by atoms with van der Waals surface area (Å²) in [6, 6.07) is 0. The van der Waals surface area contributed by atoms with Crippen LogP contribution in [0.1, 0.15) is 106 Å². The van der Waals surface area contributed by atoms with Gasteiger partial charge in [-0.2, -0.15) is 8.42 Å². The molecule has 0 saturated carbocycles. The molecule has 0 saturated heterocycles. The van der Waals surface area contributed by atoms with Crippen LogP contribution < -0.4 is 0 Å². The van der Waals surface area contributed by atoms with E-state index in [9.17, 15) is 22.6 Å². The molecule has 10 heteroatoms. The molecule has 1 aliphatic carbocycles. The van der Waals surface area contributed by atoms with Crippen LogP contribution >= 0.6 is 0 Å². The third kappa shape index (κ3) is 21.3. The van der Waals surface area contributed by atoms with Gasteiger partial charge in [0.15, 0.2) is 5.25 Å². The Kier molecular flexibility index (Phi) is 25.7. The van der Waals surface area contributed by atoms with Crippen molar-refractivity contribution in [2.45, 2.75) is 116 Å². The SMILES string of the molecule is CC(C)[CH2][AlH][C]1=CC=CC1.CCCCC(CC)COC(=O)CC(C(=O)OCC(CC)CCCC)S(=O)(=O)O.[NaH]. The quantitative estimate of drug-likeness (QED) is 0.113.